The number of hydrogen-bond acceptors (Lipinski definition) is 3. The number of aromatic nitrogens is 1. The lowest BCUT2D eigenvalue weighted by Gasteiger charge is -2.07. The molecular weight excluding hydrogens is 314 g/mol. The molecule has 3 aromatic rings. The van der Waals surface area contributed by atoms with Gasteiger partial charge in [-0.05, 0) is 36.8 Å². The van der Waals surface area contributed by atoms with Gasteiger partial charge in [-0.3, -0.25) is 5.32 Å². The molecule has 0 saturated heterocycles. The van der Waals surface area contributed by atoms with E-state index in [1.54, 1.807) is 24.3 Å². The third kappa shape index (κ3) is 3.52. The van der Waals surface area contributed by atoms with E-state index in [0.29, 0.717) is 22.3 Å². The summed E-state index contributed by atoms with van der Waals surface area (Å²) in [4.78, 5) is 12.1. The molecule has 0 unspecified atom stereocenters. The van der Waals surface area contributed by atoms with E-state index in [-0.39, 0.29) is 0 Å². The second-order valence-electron chi connectivity index (χ2n) is 4.92. The lowest BCUT2D eigenvalue weighted by Crippen LogP contribution is -2.19. The molecule has 6 heteroatoms. The van der Waals surface area contributed by atoms with Gasteiger partial charge >= 0.3 is 6.03 Å². The molecule has 0 bridgehead atoms. The van der Waals surface area contributed by atoms with Crippen molar-refractivity contribution in [3.8, 4) is 11.1 Å². The maximum atomic E-state index is 12.1. The van der Waals surface area contributed by atoms with Crippen LogP contribution in [0.1, 0.15) is 5.69 Å². The summed E-state index contributed by atoms with van der Waals surface area (Å²) in [6.45, 7) is 1.83. The van der Waals surface area contributed by atoms with Gasteiger partial charge in [0, 0.05) is 10.7 Å². The first kappa shape index (κ1) is 15.1. The van der Waals surface area contributed by atoms with Crippen molar-refractivity contribution in [2.75, 3.05) is 10.6 Å². The number of halogens is 1. The van der Waals surface area contributed by atoms with Gasteiger partial charge in [-0.1, -0.05) is 47.1 Å². The van der Waals surface area contributed by atoms with Crippen molar-refractivity contribution in [3.63, 3.8) is 0 Å². The van der Waals surface area contributed by atoms with Crippen LogP contribution in [0.2, 0.25) is 5.02 Å². The van der Waals surface area contributed by atoms with E-state index in [1.807, 2.05) is 37.3 Å². The number of rotatable bonds is 3. The first-order valence-corrected chi connectivity index (χ1v) is 7.36. The zero-order valence-corrected chi connectivity index (χ0v) is 13.1. The van der Waals surface area contributed by atoms with Gasteiger partial charge in [0.15, 0.2) is 0 Å². The molecule has 2 aromatic carbocycles. The highest BCUT2D eigenvalue weighted by Crippen LogP contribution is 2.31. The Morgan fingerprint density at radius 3 is 2.43 bits per heavy atom. The van der Waals surface area contributed by atoms with Crippen molar-refractivity contribution >= 4 is 29.2 Å². The summed E-state index contributed by atoms with van der Waals surface area (Å²) in [5.41, 5.74) is 3.02. The molecule has 0 fully saturated rings. The maximum Gasteiger partial charge on any atom is 0.326 e. The van der Waals surface area contributed by atoms with Gasteiger partial charge in [0.05, 0.1) is 11.3 Å². The van der Waals surface area contributed by atoms with Crippen LogP contribution in [0.5, 0.6) is 0 Å². The molecule has 0 aliphatic carbocycles. The Morgan fingerprint density at radius 2 is 1.74 bits per heavy atom. The summed E-state index contributed by atoms with van der Waals surface area (Å²) in [5, 5.41) is 9.92. The molecule has 0 atom stereocenters. The Bertz CT molecular complexity index is 814. The van der Waals surface area contributed by atoms with Crippen LogP contribution in [0.4, 0.5) is 16.4 Å². The van der Waals surface area contributed by atoms with Crippen molar-refractivity contribution in [2.24, 2.45) is 0 Å². The molecule has 1 aromatic heterocycles. The molecule has 5 nitrogen and oxygen atoms in total. The van der Waals surface area contributed by atoms with Crippen LogP contribution in [0.3, 0.4) is 0 Å². The second-order valence-corrected chi connectivity index (χ2v) is 5.36. The van der Waals surface area contributed by atoms with Gasteiger partial charge < -0.3 is 9.84 Å². The van der Waals surface area contributed by atoms with Crippen molar-refractivity contribution in [3.05, 3.63) is 65.3 Å². The van der Waals surface area contributed by atoms with Gasteiger partial charge in [0.2, 0.25) is 5.88 Å². The van der Waals surface area contributed by atoms with E-state index in [2.05, 4.69) is 15.8 Å². The van der Waals surface area contributed by atoms with Crippen LogP contribution in [-0.2, 0) is 0 Å². The largest absolute Gasteiger partial charge is 0.337 e. The van der Waals surface area contributed by atoms with Crippen LogP contribution in [0.25, 0.3) is 11.1 Å². The van der Waals surface area contributed by atoms with E-state index in [0.717, 1.165) is 11.1 Å². The minimum absolute atomic E-state index is 0.306. The minimum atomic E-state index is -0.416. The van der Waals surface area contributed by atoms with Crippen molar-refractivity contribution in [1.29, 1.82) is 0 Å². The topological polar surface area (TPSA) is 67.2 Å². The van der Waals surface area contributed by atoms with Gasteiger partial charge in [0.1, 0.15) is 0 Å². The van der Waals surface area contributed by atoms with Gasteiger partial charge in [-0.2, -0.15) is 0 Å². The molecule has 3 rings (SSSR count). The number of anilines is 2. The standard InChI is InChI=1S/C17H14ClN3O2/c1-11-15(12-5-3-2-4-6-12)16(23-21-11)20-17(22)19-14-9-7-13(18)8-10-14/h2-10H,1H3,(H2,19,20,22). The molecule has 1 heterocycles. The summed E-state index contributed by atoms with van der Waals surface area (Å²) in [6.07, 6.45) is 0. The predicted octanol–water partition coefficient (Wildman–Crippen LogP) is 4.95. The number of nitrogens with one attached hydrogen (secondary N) is 2. The normalized spacial score (nSPS) is 10.3. The zero-order valence-electron chi connectivity index (χ0n) is 12.3. The van der Waals surface area contributed by atoms with Crippen LogP contribution < -0.4 is 10.6 Å². The van der Waals surface area contributed by atoms with Gasteiger partial charge in [-0.25, -0.2) is 4.79 Å². The summed E-state index contributed by atoms with van der Waals surface area (Å²) in [6, 6.07) is 16.0. The average Bonchev–Trinajstić information content (AvgIpc) is 2.91. The lowest BCUT2D eigenvalue weighted by molar-refractivity contribution is 0.261. The van der Waals surface area contributed by atoms with E-state index in [1.165, 1.54) is 0 Å². The predicted molar refractivity (Wildman–Crippen MR) is 90.8 cm³/mol. The Kier molecular flexibility index (Phi) is 4.30. The fraction of sp³-hybridized carbons (Fsp3) is 0.0588. The molecule has 116 valence electrons. The summed E-state index contributed by atoms with van der Waals surface area (Å²) >= 11 is 5.82. The van der Waals surface area contributed by atoms with Gasteiger partial charge in [-0.15, -0.1) is 0 Å². The second kappa shape index (κ2) is 6.54. The van der Waals surface area contributed by atoms with Gasteiger partial charge in [0.25, 0.3) is 0 Å². The lowest BCUT2D eigenvalue weighted by atomic mass is 10.1. The van der Waals surface area contributed by atoms with E-state index in [9.17, 15) is 4.79 Å². The number of urea groups is 1. The van der Waals surface area contributed by atoms with Crippen LogP contribution in [0, 0.1) is 6.92 Å². The number of nitrogens with zero attached hydrogens (tertiary/aromatic N) is 1. The quantitative estimate of drug-likeness (QED) is 0.715. The zero-order chi connectivity index (χ0) is 16.2. The molecule has 0 radical (unpaired) electrons. The van der Waals surface area contributed by atoms with Crippen molar-refractivity contribution in [2.45, 2.75) is 6.92 Å². The fourth-order valence-electron chi connectivity index (χ4n) is 2.20. The van der Waals surface area contributed by atoms with E-state index >= 15 is 0 Å². The molecule has 23 heavy (non-hydrogen) atoms. The third-order valence-corrected chi connectivity index (χ3v) is 3.51. The average molecular weight is 328 g/mol. The van der Waals surface area contributed by atoms with Crippen molar-refractivity contribution < 1.29 is 9.32 Å². The Hall–Kier alpha value is -2.79. The molecule has 0 aliphatic rings. The molecule has 0 saturated carbocycles. The molecule has 0 aliphatic heterocycles. The van der Waals surface area contributed by atoms with Crippen molar-refractivity contribution in [1.82, 2.24) is 5.16 Å². The highest BCUT2D eigenvalue weighted by molar-refractivity contribution is 6.30. The number of hydrogen-bond donors (Lipinski definition) is 2. The smallest absolute Gasteiger partial charge is 0.326 e. The van der Waals surface area contributed by atoms with E-state index in [4.69, 9.17) is 16.1 Å². The number of aryl methyl sites for hydroxylation is 1. The van der Waals surface area contributed by atoms with E-state index < -0.39 is 6.03 Å². The first-order valence-electron chi connectivity index (χ1n) is 6.99. The number of benzene rings is 2. The summed E-state index contributed by atoms with van der Waals surface area (Å²) < 4.78 is 5.23. The number of carbonyl (C=O) groups is 1. The van der Waals surface area contributed by atoms with Crippen LogP contribution >= 0.6 is 11.6 Å². The molecule has 2 N–H and O–H groups in total. The number of amides is 2. The Balaban J connectivity index is 1.78. The summed E-state index contributed by atoms with van der Waals surface area (Å²) in [5.74, 6) is 0.306. The first-order chi connectivity index (χ1) is 11.1. The fourth-order valence-corrected chi connectivity index (χ4v) is 2.32. The molecular formula is C17H14ClN3O2. The Morgan fingerprint density at radius 1 is 1.04 bits per heavy atom. The molecule has 2 amide bonds. The Labute approximate surface area is 138 Å². The third-order valence-electron chi connectivity index (χ3n) is 3.25. The summed E-state index contributed by atoms with van der Waals surface area (Å²) in [7, 11) is 0. The molecule has 0 spiro atoms. The highest BCUT2D eigenvalue weighted by atomic mass is 35.5. The minimum Gasteiger partial charge on any atom is -0.337 e. The number of carbonyl (C=O) groups excluding carboxylic acids is 1. The van der Waals surface area contributed by atoms with Crippen LogP contribution in [-0.4, -0.2) is 11.2 Å². The maximum absolute atomic E-state index is 12.1. The van der Waals surface area contributed by atoms with Crippen LogP contribution in [0.15, 0.2) is 59.1 Å². The highest BCUT2D eigenvalue weighted by Gasteiger charge is 2.17. The SMILES string of the molecule is Cc1noc(NC(=O)Nc2ccc(Cl)cc2)c1-c1ccccc1. The monoisotopic (exact) mass is 327 g/mol.